The van der Waals surface area contributed by atoms with Crippen molar-refractivity contribution < 1.29 is 4.79 Å². The van der Waals surface area contributed by atoms with Crippen molar-refractivity contribution in [2.45, 2.75) is 20.0 Å². The van der Waals surface area contributed by atoms with E-state index in [0.29, 0.717) is 12.5 Å². The third-order valence-corrected chi connectivity index (χ3v) is 4.35. The van der Waals surface area contributed by atoms with Gasteiger partial charge in [-0.25, -0.2) is 4.98 Å². The topological polar surface area (TPSA) is 59.0 Å². The normalized spacial score (nSPS) is 14.7. The molecule has 7 heteroatoms. The molecule has 1 aromatic heterocycles. The first-order valence-corrected chi connectivity index (χ1v) is 7.74. The molecule has 0 aliphatic carbocycles. The van der Waals surface area contributed by atoms with E-state index < -0.39 is 0 Å². The first kappa shape index (κ1) is 20.5. The van der Waals surface area contributed by atoms with E-state index in [0.717, 1.165) is 25.2 Å². The molecular formula is C17H24Cl2N4O. The smallest absolute Gasteiger partial charge is 0.223 e. The molecule has 1 atom stereocenters. The highest BCUT2D eigenvalue weighted by atomic mass is 35.5. The van der Waals surface area contributed by atoms with Crippen LogP contribution in [0, 0.1) is 11.8 Å². The first-order valence-electron chi connectivity index (χ1n) is 7.74. The lowest BCUT2D eigenvalue weighted by atomic mass is 9.88. The Hall–Kier alpha value is -1.56. The van der Waals surface area contributed by atoms with Crippen LogP contribution in [0.2, 0.25) is 0 Å². The summed E-state index contributed by atoms with van der Waals surface area (Å²) in [7, 11) is 0. The summed E-state index contributed by atoms with van der Waals surface area (Å²) in [5, 5.41) is 6.24. The van der Waals surface area contributed by atoms with Crippen molar-refractivity contribution in [1.29, 1.82) is 0 Å². The molecule has 2 N–H and O–H groups in total. The molecule has 0 saturated carbocycles. The number of halogens is 2. The van der Waals surface area contributed by atoms with Gasteiger partial charge in [-0.15, -0.1) is 24.8 Å². The lowest BCUT2D eigenvalue weighted by Gasteiger charge is -2.31. The lowest BCUT2D eigenvalue weighted by Crippen LogP contribution is -2.49. The molecule has 0 radical (unpaired) electrons. The predicted octanol–water partition coefficient (Wildman–Crippen LogP) is 2.25. The van der Waals surface area contributed by atoms with E-state index in [1.807, 2.05) is 24.0 Å². The van der Waals surface area contributed by atoms with Crippen LogP contribution in [-0.2, 0) is 17.9 Å². The van der Waals surface area contributed by atoms with Crippen LogP contribution in [0.5, 0.6) is 0 Å². The van der Waals surface area contributed by atoms with Gasteiger partial charge in [-0.2, -0.15) is 0 Å². The number of nitrogens with one attached hydrogen (secondary N) is 2. The molecule has 0 bridgehead atoms. The summed E-state index contributed by atoms with van der Waals surface area (Å²) in [6.07, 6.45) is 5.54. The van der Waals surface area contributed by atoms with Crippen molar-refractivity contribution >= 4 is 30.7 Å². The predicted molar refractivity (Wildman–Crippen MR) is 99.6 cm³/mol. The summed E-state index contributed by atoms with van der Waals surface area (Å²) >= 11 is 0. The van der Waals surface area contributed by atoms with E-state index in [-0.39, 0.29) is 36.6 Å². The largest absolute Gasteiger partial charge is 0.352 e. The number of carbonyl (C=O) groups is 1. The molecule has 2 heterocycles. The Labute approximate surface area is 155 Å². The van der Waals surface area contributed by atoms with E-state index >= 15 is 0 Å². The van der Waals surface area contributed by atoms with E-state index in [1.54, 1.807) is 6.20 Å². The van der Waals surface area contributed by atoms with Gasteiger partial charge in [-0.1, -0.05) is 31.2 Å². The third-order valence-electron chi connectivity index (χ3n) is 4.35. The summed E-state index contributed by atoms with van der Waals surface area (Å²) in [5.41, 5.74) is 2.35. The minimum absolute atomic E-state index is 0. The monoisotopic (exact) mass is 370 g/mol. The summed E-state index contributed by atoms with van der Waals surface area (Å²) in [4.78, 5) is 16.1. The van der Waals surface area contributed by atoms with Crippen LogP contribution >= 0.6 is 24.8 Å². The summed E-state index contributed by atoms with van der Waals surface area (Å²) in [6, 6.07) is 8.34. The fourth-order valence-corrected chi connectivity index (χ4v) is 2.58. The molecule has 132 valence electrons. The molecule has 1 fully saturated rings. The Morgan fingerprint density at radius 1 is 1.29 bits per heavy atom. The molecule has 1 saturated heterocycles. The van der Waals surface area contributed by atoms with Gasteiger partial charge in [-0.05, 0) is 30.1 Å². The molecule has 1 aromatic carbocycles. The number of amides is 1. The number of benzene rings is 1. The van der Waals surface area contributed by atoms with Gasteiger partial charge >= 0.3 is 0 Å². The summed E-state index contributed by atoms with van der Waals surface area (Å²) < 4.78 is 2.03. The first-order chi connectivity index (χ1) is 10.7. The molecule has 3 rings (SSSR count). The van der Waals surface area contributed by atoms with Gasteiger partial charge in [0, 0.05) is 31.4 Å². The van der Waals surface area contributed by atoms with Crippen LogP contribution in [0.1, 0.15) is 18.1 Å². The van der Waals surface area contributed by atoms with Crippen molar-refractivity contribution in [3.05, 3.63) is 54.1 Å². The molecule has 24 heavy (non-hydrogen) atoms. The van der Waals surface area contributed by atoms with Gasteiger partial charge in [-0.3, -0.25) is 4.79 Å². The molecule has 0 spiro atoms. The van der Waals surface area contributed by atoms with Crippen LogP contribution < -0.4 is 10.6 Å². The summed E-state index contributed by atoms with van der Waals surface area (Å²) in [6.45, 7) is 5.33. The van der Waals surface area contributed by atoms with E-state index in [9.17, 15) is 4.79 Å². The third kappa shape index (κ3) is 5.23. The Morgan fingerprint density at radius 3 is 2.50 bits per heavy atom. The number of hydrogen-bond donors (Lipinski definition) is 2. The molecular weight excluding hydrogens is 347 g/mol. The second-order valence-corrected chi connectivity index (χ2v) is 5.98. The summed E-state index contributed by atoms with van der Waals surface area (Å²) in [5.74, 6) is 0.716. The number of nitrogens with zero attached hydrogens (tertiary/aromatic N) is 2. The number of hydrogen-bond acceptors (Lipinski definition) is 3. The zero-order chi connectivity index (χ0) is 15.4. The van der Waals surface area contributed by atoms with E-state index in [4.69, 9.17) is 0 Å². The van der Waals surface area contributed by atoms with Gasteiger partial charge in [0.25, 0.3) is 0 Å². The number of carbonyl (C=O) groups excluding carboxylic acids is 1. The van der Waals surface area contributed by atoms with Crippen molar-refractivity contribution in [3.63, 3.8) is 0 Å². The van der Waals surface area contributed by atoms with Crippen LogP contribution in [0.3, 0.4) is 0 Å². The van der Waals surface area contributed by atoms with Crippen LogP contribution in [-0.4, -0.2) is 28.5 Å². The maximum atomic E-state index is 12.1. The van der Waals surface area contributed by atoms with Crippen LogP contribution in [0.4, 0.5) is 0 Å². The van der Waals surface area contributed by atoms with Crippen molar-refractivity contribution in [2.24, 2.45) is 11.8 Å². The van der Waals surface area contributed by atoms with Crippen molar-refractivity contribution in [1.82, 2.24) is 20.2 Å². The minimum Gasteiger partial charge on any atom is -0.352 e. The maximum absolute atomic E-state index is 12.1. The Balaban J connectivity index is 0.00000144. The second kappa shape index (κ2) is 9.67. The molecule has 2 aromatic rings. The number of rotatable bonds is 6. The average molecular weight is 371 g/mol. The zero-order valence-corrected chi connectivity index (χ0v) is 15.3. The Morgan fingerprint density at radius 2 is 1.96 bits per heavy atom. The van der Waals surface area contributed by atoms with Crippen molar-refractivity contribution in [2.75, 3.05) is 13.1 Å². The van der Waals surface area contributed by atoms with Crippen molar-refractivity contribution in [3.8, 4) is 0 Å². The quantitative estimate of drug-likeness (QED) is 0.819. The van der Waals surface area contributed by atoms with Gasteiger partial charge in [0.1, 0.15) is 0 Å². The molecule has 1 amide bonds. The standard InChI is InChI=1S/C17H22N4O.2ClH/c1-13(16-9-19-10-16)17(22)20-8-14-2-4-15(5-3-14)11-21-7-6-18-12-21;;/h2-7,12-13,16,19H,8-11H2,1H3,(H,20,22);2*1H. The van der Waals surface area contributed by atoms with Gasteiger partial charge in [0.2, 0.25) is 5.91 Å². The van der Waals surface area contributed by atoms with Crippen LogP contribution in [0.15, 0.2) is 43.0 Å². The number of imidazole rings is 1. The highest BCUT2D eigenvalue weighted by Crippen LogP contribution is 2.16. The number of aromatic nitrogens is 2. The fraction of sp³-hybridized carbons (Fsp3) is 0.412. The van der Waals surface area contributed by atoms with Crippen LogP contribution in [0.25, 0.3) is 0 Å². The van der Waals surface area contributed by atoms with E-state index in [2.05, 4.69) is 39.9 Å². The highest BCUT2D eigenvalue weighted by Gasteiger charge is 2.28. The lowest BCUT2D eigenvalue weighted by molar-refractivity contribution is -0.126. The average Bonchev–Trinajstić information content (AvgIpc) is 2.97. The fourth-order valence-electron chi connectivity index (χ4n) is 2.58. The Bertz CT molecular complexity index is 612. The minimum atomic E-state index is 0. The zero-order valence-electron chi connectivity index (χ0n) is 13.6. The van der Waals surface area contributed by atoms with E-state index in [1.165, 1.54) is 5.56 Å². The Kier molecular flexibility index (Phi) is 8.25. The van der Waals surface area contributed by atoms with Gasteiger partial charge < -0.3 is 15.2 Å². The van der Waals surface area contributed by atoms with Gasteiger partial charge in [0.05, 0.1) is 6.33 Å². The van der Waals surface area contributed by atoms with Gasteiger partial charge in [0.15, 0.2) is 0 Å². The molecule has 1 unspecified atom stereocenters. The molecule has 1 aliphatic heterocycles. The second-order valence-electron chi connectivity index (χ2n) is 5.98. The molecule has 5 nitrogen and oxygen atoms in total. The highest BCUT2D eigenvalue weighted by molar-refractivity contribution is 5.85. The molecule has 1 aliphatic rings. The SMILES string of the molecule is CC(C(=O)NCc1ccc(Cn2ccnc2)cc1)C1CNC1.Cl.Cl. The maximum Gasteiger partial charge on any atom is 0.223 e.